The summed E-state index contributed by atoms with van der Waals surface area (Å²) in [4.78, 5) is 10.8. The van der Waals surface area contributed by atoms with Crippen molar-refractivity contribution < 1.29 is 13.2 Å². The van der Waals surface area contributed by atoms with E-state index in [2.05, 4.69) is 4.72 Å². The van der Waals surface area contributed by atoms with E-state index in [-0.39, 0.29) is 17.0 Å². The highest BCUT2D eigenvalue weighted by Crippen LogP contribution is 2.24. The first-order valence-electron chi connectivity index (χ1n) is 5.41. The van der Waals surface area contributed by atoms with Crippen LogP contribution in [0.5, 0.6) is 0 Å². The zero-order valence-electron chi connectivity index (χ0n) is 10.6. The van der Waals surface area contributed by atoms with Crippen LogP contribution in [0.4, 0.5) is 5.69 Å². The summed E-state index contributed by atoms with van der Waals surface area (Å²) in [5, 5.41) is 0.341. The first-order valence-corrected chi connectivity index (χ1v) is 7.27. The minimum absolute atomic E-state index is 0.0369. The molecule has 0 fully saturated rings. The fourth-order valence-electron chi connectivity index (χ4n) is 1.65. The third kappa shape index (κ3) is 4.38. The molecule has 5 N–H and O–H groups in total. The van der Waals surface area contributed by atoms with Crippen LogP contribution in [0.2, 0.25) is 5.02 Å². The Balaban J connectivity index is 3.08. The molecule has 0 aliphatic carbocycles. The number of amides is 1. The molecule has 19 heavy (non-hydrogen) atoms. The summed E-state index contributed by atoms with van der Waals surface area (Å²) in [7, 11) is -3.85. The van der Waals surface area contributed by atoms with Gasteiger partial charge in [0.25, 0.3) is 0 Å². The number of carbonyl (C=O) groups is 1. The van der Waals surface area contributed by atoms with Crippen molar-refractivity contribution in [1.82, 2.24) is 4.72 Å². The normalized spacial score (nSPS) is 12.4. The van der Waals surface area contributed by atoms with E-state index in [1.165, 1.54) is 18.2 Å². The van der Waals surface area contributed by atoms with Gasteiger partial charge >= 0.3 is 0 Å². The average Bonchev–Trinajstić information content (AvgIpc) is 2.11. The number of rotatable bonds is 5. The molecule has 0 unspecified atom stereocenters. The van der Waals surface area contributed by atoms with E-state index >= 15 is 0 Å². The zero-order chi connectivity index (χ0) is 14.8. The van der Waals surface area contributed by atoms with Gasteiger partial charge in [0.1, 0.15) is 4.90 Å². The van der Waals surface area contributed by atoms with E-state index < -0.39 is 21.5 Å². The summed E-state index contributed by atoms with van der Waals surface area (Å²) in [5.74, 6) is -0.600. The van der Waals surface area contributed by atoms with Crippen LogP contribution >= 0.6 is 11.6 Å². The molecule has 0 aromatic heterocycles. The maximum absolute atomic E-state index is 12.2. The lowest BCUT2D eigenvalue weighted by molar-refractivity contribution is -0.119. The summed E-state index contributed by atoms with van der Waals surface area (Å²) < 4.78 is 26.7. The van der Waals surface area contributed by atoms with Crippen LogP contribution in [0.15, 0.2) is 23.1 Å². The van der Waals surface area contributed by atoms with Crippen LogP contribution in [0.3, 0.4) is 0 Å². The third-order valence-electron chi connectivity index (χ3n) is 2.29. The molecule has 0 atom stereocenters. The largest absolute Gasteiger partial charge is 0.398 e. The van der Waals surface area contributed by atoms with Gasteiger partial charge in [0.15, 0.2) is 0 Å². The molecule has 0 bridgehead atoms. The van der Waals surface area contributed by atoms with E-state index in [1.54, 1.807) is 13.8 Å². The zero-order valence-corrected chi connectivity index (χ0v) is 12.2. The molecule has 1 aromatic carbocycles. The van der Waals surface area contributed by atoms with E-state index in [9.17, 15) is 13.2 Å². The summed E-state index contributed by atoms with van der Waals surface area (Å²) >= 11 is 5.71. The number of benzene rings is 1. The van der Waals surface area contributed by atoms with Crippen LogP contribution in [0.1, 0.15) is 20.3 Å². The van der Waals surface area contributed by atoms with Crippen LogP contribution in [0.25, 0.3) is 0 Å². The smallest absolute Gasteiger partial charge is 0.243 e. The summed E-state index contributed by atoms with van der Waals surface area (Å²) in [6, 6.07) is 4.07. The Hall–Kier alpha value is -1.31. The van der Waals surface area contributed by atoms with Crippen molar-refractivity contribution in [2.24, 2.45) is 5.73 Å². The molecule has 0 radical (unpaired) electrons. The molecule has 0 spiro atoms. The predicted octanol–water partition coefficient (Wildman–Crippen LogP) is 0.855. The highest BCUT2D eigenvalue weighted by atomic mass is 35.5. The molecule has 0 aliphatic heterocycles. The Bertz CT molecular complexity index is 599. The van der Waals surface area contributed by atoms with E-state index in [4.69, 9.17) is 23.1 Å². The van der Waals surface area contributed by atoms with Gasteiger partial charge in [-0.1, -0.05) is 11.6 Å². The molecule has 1 rings (SSSR count). The summed E-state index contributed by atoms with van der Waals surface area (Å²) in [6.07, 6.45) is -0.125. The van der Waals surface area contributed by atoms with E-state index in [0.29, 0.717) is 5.02 Å². The van der Waals surface area contributed by atoms with Gasteiger partial charge in [0.05, 0.1) is 5.69 Å². The lowest BCUT2D eigenvalue weighted by atomic mass is 10.0. The number of halogens is 1. The number of hydrogen-bond acceptors (Lipinski definition) is 4. The molecule has 0 aliphatic rings. The number of nitrogens with two attached hydrogens (primary N) is 2. The first-order chi connectivity index (χ1) is 8.53. The molecule has 0 saturated carbocycles. The van der Waals surface area contributed by atoms with Gasteiger partial charge in [0, 0.05) is 17.0 Å². The van der Waals surface area contributed by atoms with Gasteiger partial charge in [-0.3, -0.25) is 4.79 Å². The monoisotopic (exact) mass is 305 g/mol. The molecule has 0 heterocycles. The van der Waals surface area contributed by atoms with Gasteiger partial charge in [-0.25, -0.2) is 13.1 Å². The molecule has 1 aromatic rings. The van der Waals surface area contributed by atoms with Gasteiger partial charge in [-0.15, -0.1) is 0 Å². The number of hydrogen-bond donors (Lipinski definition) is 3. The summed E-state index contributed by atoms with van der Waals surface area (Å²) in [5.41, 5.74) is 9.74. The van der Waals surface area contributed by atoms with Crippen molar-refractivity contribution in [1.29, 1.82) is 0 Å². The first kappa shape index (κ1) is 15.7. The molecular weight excluding hydrogens is 290 g/mol. The highest BCUT2D eigenvalue weighted by Gasteiger charge is 2.29. The Morgan fingerprint density at radius 1 is 1.42 bits per heavy atom. The quantitative estimate of drug-likeness (QED) is 0.699. The minimum Gasteiger partial charge on any atom is -0.398 e. The molecule has 1 amide bonds. The fraction of sp³-hybridized carbons (Fsp3) is 0.364. The van der Waals surface area contributed by atoms with Crippen molar-refractivity contribution in [2.75, 3.05) is 5.73 Å². The van der Waals surface area contributed by atoms with Crippen LogP contribution in [-0.2, 0) is 14.8 Å². The van der Waals surface area contributed by atoms with Crippen molar-refractivity contribution in [3.8, 4) is 0 Å². The number of carbonyl (C=O) groups excluding carboxylic acids is 1. The van der Waals surface area contributed by atoms with Gasteiger partial charge in [0.2, 0.25) is 15.9 Å². The van der Waals surface area contributed by atoms with E-state index in [0.717, 1.165) is 0 Å². The number of sulfonamides is 1. The second-order valence-electron chi connectivity index (χ2n) is 4.81. The SMILES string of the molecule is CC(C)(CC(N)=O)NS(=O)(=O)c1ccc(Cl)cc1N. The number of primary amides is 1. The standard InChI is InChI=1S/C11H16ClN3O3S/c1-11(2,6-10(14)16)15-19(17,18)9-4-3-7(12)5-8(9)13/h3-5,15H,6,13H2,1-2H3,(H2,14,16). The van der Waals surface area contributed by atoms with Crippen LogP contribution in [0, 0.1) is 0 Å². The lowest BCUT2D eigenvalue weighted by Gasteiger charge is -2.24. The molecule has 106 valence electrons. The number of anilines is 1. The van der Waals surface area contributed by atoms with Crippen LogP contribution < -0.4 is 16.2 Å². The maximum Gasteiger partial charge on any atom is 0.243 e. The summed E-state index contributed by atoms with van der Waals surface area (Å²) in [6.45, 7) is 3.11. The van der Waals surface area contributed by atoms with Crippen molar-refractivity contribution in [3.05, 3.63) is 23.2 Å². The minimum atomic E-state index is -3.85. The lowest BCUT2D eigenvalue weighted by Crippen LogP contribution is -2.46. The third-order valence-corrected chi connectivity index (χ3v) is 4.30. The Kier molecular flexibility index (Phi) is 4.44. The Morgan fingerprint density at radius 3 is 2.47 bits per heavy atom. The molecule has 6 nitrogen and oxygen atoms in total. The maximum atomic E-state index is 12.2. The number of nitrogens with one attached hydrogen (secondary N) is 1. The van der Waals surface area contributed by atoms with Gasteiger partial charge in [-0.05, 0) is 32.0 Å². The van der Waals surface area contributed by atoms with Gasteiger partial charge in [-0.2, -0.15) is 0 Å². The van der Waals surface area contributed by atoms with Crippen molar-refractivity contribution in [2.45, 2.75) is 30.7 Å². The number of nitrogen functional groups attached to an aromatic ring is 1. The predicted molar refractivity (Wildman–Crippen MR) is 74.1 cm³/mol. The second-order valence-corrected chi connectivity index (χ2v) is 6.90. The fourth-order valence-corrected chi connectivity index (χ4v) is 3.36. The van der Waals surface area contributed by atoms with Crippen molar-refractivity contribution >= 4 is 33.2 Å². The van der Waals surface area contributed by atoms with Crippen LogP contribution in [-0.4, -0.2) is 19.9 Å². The van der Waals surface area contributed by atoms with Crippen molar-refractivity contribution in [3.63, 3.8) is 0 Å². The topological polar surface area (TPSA) is 115 Å². The average molecular weight is 306 g/mol. The highest BCUT2D eigenvalue weighted by molar-refractivity contribution is 7.89. The van der Waals surface area contributed by atoms with E-state index in [1.807, 2.05) is 0 Å². The molecule has 0 saturated heterocycles. The molecule has 8 heteroatoms. The second kappa shape index (κ2) is 5.36. The Morgan fingerprint density at radius 2 is 2.00 bits per heavy atom. The Labute approximate surface area is 117 Å². The molecular formula is C11H16ClN3O3S. The van der Waals surface area contributed by atoms with Gasteiger partial charge < -0.3 is 11.5 Å².